The van der Waals surface area contributed by atoms with E-state index in [0.29, 0.717) is 0 Å². The largest absolute Gasteiger partial charge is 2.00 e. The minimum absolute atomic E-state index is 0. The summed E-state index contributed by atoms with van der Waals surface area (Å²) in [7, 11) is 0. The standard InChI is InChI=1S/2C15H10IN2.Pd/c2*16-12-7-5-11(6-8-12)15(13-3-1-9-17-13)14-4-2-10-18-14;/h2*1-10H;/q2*-1;+2/b2*15-13-;. The average Bonchev–Trinajstić information content (AvgIpc) is 3.72. The molecule has 37 heavy (non-hydrogen) atoms. The van der Waals surface area contributed by atoms with E-state index in [0.717, 1.165) is 45.1 Å². The van der Waals surface area contributed by atoms with Crippen LogP contribution < -0.4 is 9.97 Å². The first-order chi connectivity index (χ1) is 17.7. The summed E-state index contributed by atoms with van der Waals surface area (Å²) < 4.78 is 2.45. The zero-order chi connectivity index (χ0) is 24.7. The van der Waals surface area contributed by atoms with Gasteiger partial charge in [-0.05, 0) is 116 Å². The van der Waals surface area contributed by atoms with Crippen molar-refractivity contribution in [3.05, 3.63) is 151 Å². The number of aliphatic imine (C=N–C) groups is 2. The van der Waals surface area contributed by atoms with Crippen LogP contribution in [0.1, 0.15) is 22.5 Å². The van der Waals surface area contributed by atoms with Gasteiger partial charge < -0.3 is 9.97 Å². The van der Waals surface area contributed by atoms with Gasteiger partial charge in [-0.1, -0.05) is 48.5 Å². The number of benzene rings is 2. The van der Waals surface area contributed by atoms with E-state index >= 15 is 0 Å². The van der Waals surface area contributed by atoms with Crippen molar-refractivity contribution in [3.63, 3.8) is 0 Å². The fourth-order valence-electron chi connectivity index (χ4n) is 3.88. The van der Waals surface area contributed by atoms with Gasteiger partial charge in [0.1, 0.15) is 0 Å². The van der Waals surface area contributed by atoms with Crippen molar-refractivity contribution in [1.82, 2.24) is 9.97 Å². The van der Waals surface area contributed by atoms with Crippen molar-refractivity contribution in [3.8, 4) is 0 Å². The summed E-state index contributed by atoms with van der Waals surface area (Å²) in [6.07, 6.45) is 15.2. The molecular formula is C30H20I2N4Pd. The van der Waals surface area contributed by atoms with Gasteiger partial charge in [-0.2, -0.15) is 12.4 Å². The number of aromatic nitrogens is 2. The summed E-state index contributed by atoms with van der Waals surface area (Å²) in [5.74, 6) is 0. The minimum Gasteiger partial charge on any atom is -0.664 e. The van der Waals surface area contributed by atoms with Crippen LogP contribution in [-0.2, 0) is 20.4 Å². The fraction of sp³-hybridized carbons (Fsp3) is 0. The normalized spacial score (nSPS) is 15.8. The summed E-state index contributed by atoms with van der Waals surface area (Å²) in [6.45, 7) is 0. The predicted octanol–water partition coefficient (Wildman–Crippen LogP) is 7.29. The number of hydrogen-bond acceptors (Lipinski definition) is 2. The third kappa shape index (κ3) is 6.85. The SMILES string of the molecule is Ic1ccc(/C(=C2\C=CC=N2)c2ccc[n-]2)cc1.Ic1ccc(/C(=C2\C=CC=N2)c2ccc[n-]2)cc1.[Pd+2]. The maximum atomic E-state index is 4.39. The van der Waals surface area contributed by atoms with Gasteiger partial charge in [0, 0.05) is 19.6 Å². The van der Waals surface area contributed by atoms with Crippen molar-refractivity contribution in [2.45, 2.75) is 0 Å². The van der Waals surface area contributed by atoms with Crippen LogP contribution in [0.15, 0.2) is 131 Å². The number of halogens is 2. The van der Waals surface area contributed by atoms with Gasteiger partial charge in [0.2, 0.25) is 0 Å². The average molecular weight is 797 g/mol. The molecule has 2 aromatic heterocycles. The molecule has 2 aromatic carbocycles. The molecule has 0 saturated heterocycles. The monoisotopic (exact) mass is 796 g/mol. The van der Waals surface area contributed by atoms with Crippen LogP contribution in [0.25, 0.3) is 11.1 Å². The zero-order valence-corrected chi connectivity index (χ0v) is 25.3. The van der Waals surface area contributed by atoms with Gasteiger partial charge in [0.25, 0.3) is 0 Å². The summed E-state index contributed by atoms with van der Waals surface area (Å²) in [6, 6.07) is 24.8. The van der Waals surface area contributed by atoms with Crippen molar-refractivity contribution >= 4 is 68.8 Å². The Kier molecular flexibility index (Phi) is 9.86. The van der Waals surface area contributed by atoms with Gasteiger partial charge in [-0.15, -0.1) is 11.4 Å². The molecule has 6 rings (SSSR count). The molecule has 0 unspecified atom stereocenters. The minimum atomic E-state index is 0. The van der Waals surface area contributed by atoms with Crippen LogP contribution in [-0.4, -0.2) is 12.4 Å². The smallest absolute Gasteiger partial charge is 0.664 e. The molecule has 0 atom stereocenters. The van der Waals surface area contributed by atoms with E-state index in [1.807, 2.05) is 73.4 Å². The number of rotatable bonds is 4. The topological polar surface area (TPSA) is 52.9 Å². The molecule has 0 radical (unpaired) electrons. The number of hydrogen-bond donors (Lipinski definition) is 0. The first-order valence-corrected chi connectivity index (χ1v) is 13.4. The molecule has 7 heteroatoms. The van der Waals surface area contributed by atoms with Crippen LogP contribution in [0.2, 0.25) is 0 Å². The molecule has 4 aromatic rings. The Hall–Kier alpha value is -2.58. The molecule has 0 saturated carbocycles. The van der Waals surface area contributed by atoms with Crippen LogP contribution in [0.5, 0.6) is 0 Å². The van der Waals surface area contributed by atoms with Crippen molar-refractivity contribution < 1.29 is 20.4 Å². The summed E-state index contributed by atoms with van der Waals surface area (Å²) >= 11 is 4.61. The molecule has 0 bridgehead atoms. The molecular weight excluding hydrogens is 777 g/mol. The Bertz CT molecular complexity index is 1360. The van der Waals surface area contributed by atoms with Gasteiger partial charge in [0.15, 0.2) is 0 Å². The fourth-order valence-corrected chi connectivity index (χ4v) is 4.60. The van der Waals surface area contributed by atoms with E-state index in [-0.39, 0.29) is 20.4 Å². The van der Waals surface area contributed by atoms with Crippen LogP contribution in [0.3, 0.4) is 0 Å². The Labute approximate surface area is 257 Å². The van der Waals surface area contributed by atoms with Crippen LogP contribution in [0.4, 0.5) is 0 Å². The maximum Gasteiger partial charge on any atom is 2.00 e. The van der Waals surface area contributed by atoms with Crippen LogP contribution >= 0.6 is 45.2 Å². The first kappa shape index (κ1) is 27.5. The van der Waals surface area contributed by atoms with E-state index in [4.69, 9.17) is 0 Å². The summed E-state index contributed by atoms with van der Waals surface area (Å²) in [4.78, 5) is 17.6. The number of allylic oxidation sites excluding steroid dienone is 4. The molecule has 0 N–H and O–H groups in total. The summed E-state index contributed by atoms with van der Waals surface area (Å²) in [5.41, 5.74) is 8.33. The quantitative estimate of drug-likeness (QED) is 0.161. The van der Waals surface area contributed by atoms with Crippen LogP contribution in [0, 0.1) is 7.14 Å². The number of nitrogens with zero attached hydrogens (tertiary/aromatic N) is 4. The van der Waals surface area contributed by atoms with E-state index in [9.17, 15) is 0 Å². The predicted molar refractivity (Wildman–Crippen MR) is 165 cm³/mol. The molecule has 0 fully saturated rings. The molecule has 2 aliphatic heterocycles. The molecule has 0 spiro atoms. The van der Waals surface area contributed by atoms with Crippen molar-refractivity contribution in [2.24, 2.45) is 9.98 Å². The Morgan fingerprint density at radius 1 is 0.568 bits per heavy atom. The molecule has 184 valence electrons. The second-order valence-corrected chi connectivity index (χ2v) is 10.3. The van der Waals surface area contributed by atoms with Crippen molar-refractivity contribution in [2.75, 3.05) is 0 Å². The maximum absolute atomic E-state index is 4.39. The second-order valence-electron chi connectivity index (χ2n) is 7.85. The van der Waals surface area contributed by atoms with Gasteiger partial charge >= 0.3 is 20.4 Å². The third-order valence-corrected chi connectivity index (χ3v) is 6.94. The van der Waals surface area contributed by atoms with Gasteiger partial charge in [0.05, 0.1) is 11.4 Å². The Morgan fingerprint density at radius 3 is 1.27 bits per heavy atom. The summed E-state index contributed by atoms with van der Waals surface area (Å²) in [5, 5.41) is 0. The Balaban J connectivity index is 0.000000168. The Morgan fingerprint density at radius 2 is 0.973 bits per heavy atom. The zero-order valence-electron chi connectivity index (χ0n) is 19.4. The third-order valence-electron chi connectivity index (χ3n) is 5.51. The first-order valence-electron chi connectivity index (χ1n) is 11.3. The molecule has 2 aliphatic rings. The van der Waals surface area contributed by atoms with E-state index in [2.05, 4.69) is 114 Å². The van der Waals surface area contributed by atoms with E-state index in [1.165, 1.54) is 7.14 Å². The molecule has 4 heterocycles. The van der Waals surface area contributed by atoms with Gasteiger partial charge in [-0.3, -0.25) is 9.98 Å². The van der Waals surface area contributed by atoms with Gasteiger partial charge in [-0.25, -0.2) is 0 Å². The van der Waals surface area contributed by atoms with E-state index in [1.54, 1.807) is 0 Å². The molecule has 0 amide bonds. The molecule has 0 aliphatic carbocycles. The molecule has 4 nitrogen and oxygen atoms in total. The second kappa shape index (κ2) is 13.3. The van der Waals surface area contributed by atoms with E-state index < -0.39 is 0 Å². The van der Waals surface area contributed by atoms with Crippen molar-refractivity contribution in [1.29, 1.82) is 0 Å².